The second-order valence-corrected chi connectivity index (χ2v) is 5.67. The Kier molecular flexibility index (Phi) is 5.20. The SMILES string of the molecule is CCOc1ccc(NC2CCSCC2)cc1CO. The summed E-state index contributed by atoms with van der Waals surface area (Å²) in [7, 11) is 0. The Morgan fingerprint density at radius 3 is 2.83 bits per heavy atom. The molecule has 0 radical (unpaired) electrons. The highest BCUT2D eigenvalue weighted by molar-refractivity contribution is 7.99. The molecule has 2 rings (SSSR count). The van der Waals surface area contributed by atoms with Crippen molar-refractivity contribution < 1.29 is 9.84 Å². The molecule has 2 N–H and O–H groups in total. The Morgan fingerprint density at radius 1 is 1.39 bits per heavy atom. The number of anilines is 1. The fourth-order valence-electron chi connectivity index (χ4n) is 2.17. The molecule has 1 aromatic carbocycles. The van der Waals surface area contributed by atoms with Crippen molar-refractivity contribution in [3.8, 4) is 5.75 Å². The smallest absolute Gasteiger partial charge is 0.124 e. The first-order chi connectivity index (χ1) is 8.83. The van der Waals surface area contributed by atoms with Crippen molar-refractivity contribution >= 4 is 17.4 Å². The number of ether oxygens (including phenoxy) is 1. The maximum Gasteiger partial charge on any atom is 0.124 e. The molecule has 1 aromatic rings. The van der Waals surface area contributed by atoms with Gasteiger partial charge in [0.15, 0.2) is 0 Å². The van der Waals surface area contributed by atoms with E-state index >= 15 is 0 Å². The summed E-state index contributed by atoms with van der Waals surface area (Å²) in [6, 6.07) is 6.53. The zero-order valence-corrected chi connectivity index (χ0v) is 11.6. The summed E-state index contributed by atoms with van der Waals surface area (Å²) in [5.41, 5.74) is 1.94. The fourth-order valence-corrected chi connectivity index (χ4v) is 3.27. The molecular weight excluding hydrogens is 246 g/mol. The molecule has 0 atom stereocenters. The average Bonchev–Trinajstić information content (AvgIpc) is 2.42. The van der Waals surface area contributed by atoms with Gasteiger partial charge in [0.05, 0.1) is 13.2 Å². The summed E-state index contributed by atoms with van der Waals surface area (Å²) in [5.74, 6) is 3.26. The summed E-state index contributed by atoms with van der Waals surface area (Å²) in [4.78, 5) is 0. The van der Waals surface area contributed by atoms with Gasteiger partial charge in [0, 0.05) is 17.3 Å². The van der Waals surface area contributed by atoms with E-state index < -0.39 is 0 Å². The highest BCUT2D eigenvalue weighted by Crippen LogP contribution is 2.26. The van der Waals surface area contributed by atoms with Gasteiger partial charge in [-0.2, -0.15) is 11.8 Å². The van der Waals surface area contributed by atoms with Gasteiger partial charge in [-0.1, -0.05) is 0 Å². The van der Waals surface area contributed by atoms with Crippen molar-refractivity contribution in [3.05, 3.63) is 23.8 Å². The first-order valence-electron chi connectivity index (χ1n) is 6.54. The van der Waals surface area contributed by atoms with Crippen molar-refractivity contribution in [1.82, 2.24) is 0 Å². The molecule has 0 aromatic heterocycles. The van der Waals surface area contributed by atoms with E-state index in [4.69, 9.17) is 4.74 Å². The van der Waals surface area contributed by atoms with Crippen LogP contribution >= 0.6 is 11.8 Å². The molecule has 0 aliphatic carbocycles. The molecule has 1 fully saturated rings. The minimum atomic E-state index is 0.0192. The molecule has 18 heavy (non-hydrogen) atoms. The summed E-state index contributed by atoms with van der Waals surface area (Å²) >= 11 is 2.03. The molecule has 100 valence electrons. The second-order valence-electron chi connectivity index (χ2n) is 4.44. The lowest BCUT2D eigenvalue weighted by Crippen LogP contribution is -2.24. The Morgan fingerprint density at radius 2 is 2.17 bits per heavy atom. The molecule has 1 saturated heterocycles. The lowest BCUT2D eigenvalue weighted by Gasteiger charge is -2.24. The summed E-state index contributed by atoms with van der Waals surface area (Å²) in [6.07, 6.45) is 2.43. The van der Waals surface area contributed by atoms with Crippen LogP contribution in [0.3, 0.4) is 0 Å². The van der Waals surface area contributed by atoms with Crippen LogP contribution in [0, 0.1) is 0 Å². The van der Waals surface area contributed by atoms with Gasteiger partial charge in [-0.3, -0.25) is 0 Å². The predicted molar refractivity (Wildman–Crippen MR) is 77.5 cm³/mol. The summed E-state index contributed by atoms with van der Waals surface area (Å²) in [5, 5.41) is 12.9. The van der Waals surface area contributed by atoms with Crippen LogP contribution < -0.4 is 10.1 Å². The molecule has 1 aliphatic heterocycles. The average molecular weight is 267 g/mol. The van der Waals surface area contributed by atoms with E-state index in [1.807, 2.05) is 36.9 Å². The van der Waals surface area contributed by atoms with E-state index in [0.29, 0.717) is 12.6 Å². The number of hydrogen-bond acceptors (Lipinski definition) is 4. The van der Waals surface area contributed by atoms with Crippen LogP contribution in [0.15, 0.2) is 18.2 Å². The maximum atomic E-state index is 9.36. The van der Waals surface area contributed by atoms with Crippen molar-refractivity contribution in [2.75, 3.05) is 23.4 Å². The lowest BCUT2D eigenvalue weighted by molar-refractivity contribution is 0.267. The van der Waals surface area contributed by atoms with Crippen LogP contribution in [0.1, 0.15) is 25.3 Å². The van der Waals surface area contributed by atoms with Gasteiger partial charge >= 0.3 is 0 Å². The van der Waals surface area contributed by atoms with Gasteiger partial charge in [-0.25, -0.2) is 0 Å². The molecule has 0 bridgehead atoms. The van der Waals surface area contributed by atoms with E-state index in [9.17, 15) is 5.11 Å². The van der Waals surface area contributed by atoms with E-state index in [1.54, 1.807) is 0 Å². The van der Waals surface area contributed by atoms with Gasteiger partial charge in [0.1, 0.15) is 5.75 Å². The van der Waals surface area contributed by atoms with Gasteiger partial charge in [-0.05, 0) is 49.5 Å². The number of benzene rings is 1. The monoisotopic (exact) mass is 267 g/mol. The second kappa shape index (κ2) is 6.90. The molecule has 4 heteroatoms. The zero-order valence-electron chi connectivity index (χ0n) is 10.8. The molecule has 0 unspecified atom stereocenters. The van der Waals surface area contributed by atoms with Gasteiger partial charge in [-0.15, -0.1) is 0 Å². The molecule has 0 spiro atoms. The summed E-state index contributed by atoms with van der Waals surface area (Å²) < 4.78 is 5.48. The summed E-state index contributed by atoms with van der Waals surface area (Å²) in [6.45, 7) is 2.60. The largest absolute Gasteiger partial charge is 0.494 e. The molecular formula is C14H21NO2S. The number of hydrogen-bond donors (Lipinski definition) is 2. The normalized spacial score (nSPS) is 16.6. The number of rotatable bonds is 5. The van der Waals surface area contributed by atoms with Gasteiger partial charge < -0.3 is 15.2 Å². The van der Waals surface area contributed by atoms with E-state index in [-0.39, 0.29) is 6.61 Å². The Bertz CT molecular complexity index is 378. The minimum absolute atomic E-state index is 0.0192. The van der Waals surface area contributed by atoms with Crippen LogP contribution in [0.2, 0.25) is 0 Å². The standard InChI is InChI=1S/C14H21NO2S/c1-2-17-14-4-3-13(9-11(14)10-16)15-12-5-7-18-8-6-12/h3-4,9,12,15-16H,2,5-8,10H2,1H3. The maximum absolute atomic E-state index is 9.36. The molecule has 0 saturated carbocycles. The third-order valence-electron chi connectivity index (χ3n) is 3.12. The van der Waals surface area contributed by atoms with E-state index in [2.05, 4.69) is 5.32 Å². The Labute approximate surface area is 113 Å². The van der Waals surface area contributed by atoms with Crippen molar-refractivity contribution in [1.29, 1.82) is 0 Å². The van der Waals surface area contributed by atoms with Crippen LogP contribution in [0.4, 0.5) is 5.69 Å². The quantitative estimate of drug-likeness (QED) is 0.861. The molecule has 3 nitrogen and oxygen atoms in total. The number of aliphatic hydroxyl groups excluding tert-OH is 1. The fraction of sp³-hybridized carbons (Fsp3) is 0.571. The highest BCUT2D eigenvalue weighted by Gasteiger charge is 2.14. The van der Waals surface area contributed by atoms with Crippen molar-refractivity contribution in [2.45, 2.75) is 32.4 Å². The Hall–Kier alpha value is -0.870. The van der Waals surface area contributed by atoms with Gasteiger partial charge in [0.2, 0.25) is 0 Å². The minimum Gasteiger partial charge on any atom is -0.494 e. The van der Waals surface area contributed by atoms with Crippen LogP contribution in [-0.4, -0.2) is 29.3 Å². The van der Waals surface area contributed by atoms with Crippen LogP contribution in [0.25, 0.3) is 0 Å². The van der Waals surface area contributed by atoms with E-state index in [1.165, 1.54) is 24.3 Å². The van der Waals surface area contributed by atoms with Crippen LogP contribution in [0.5, 0.6) is 5.75 Å². The van der Waals surface area contributed by atoms with E-state index in [0.717, 1.165) is 17.0 Å². The molecule has 0 amide bonds. The Balaban J connectivity index is 2.04. The van der Waals surface area contributed by atoms with Crippen molar-refractivity contribution in [2.24, 2.45) is 0 Å². The third kappa shape index (κ3) is 3.56. The lowest BCUT2D eigenvalue weighted by atomic mass is 10.1. The van der Waals surface area contributed by atoms with Crippen LogP contribution in [-0.2, 0) is 6.61 Å². The highest BCUT2D eigenvalue weighted by atomic mass is 32.2. The first-order valence-corrected chi connectivity index (χ1v) is 7.69. The number of aliphatic hydroxyl groups is 1. The van der Waals surface area contributed by atoms with Gasteiger partial charge in [0.25, 0.3) is 0 Å². The number of thioether (sulfide) groups is 1. The van der Waals surface area contributed by atoms with Crippen molar-refractivity contribution in [3.63, 3.8) is 0 Å². The predicted octanol–water partition coefficient (Wildman–Crippen LogP) is 2.89. The zero-order chi connectivity index (χ0) is 12.8. The molecule has 1 aliphatic rings. The number of nitrogens with one attached hydrogen (secondary N) is 1. The molecule has 1 heterocycles. The topological polar surface area (TPSA) is 41.5 Å². The third-order valence-corrected chi connectivity index (χ3v) is 4.17. The first kappa shape index (κ1) is 13.6.